The smallest absolute Gasteiger partial charge is 0.322 e. The number of amides is 3. The van der Waals surface area contributed by atoms with Crippen LogP contribution in [0, 0.1) is 6.92 Å². The molecule has 2 saturated heterocycles. The summed E-state index contributed by atoms with van der Waals surface area (Å²) < 4.78 is 11.2. The normalized spacial score (nSPS) is 19.4. The van der Waals surface area contributed by atoms with Crippen LogP contribution in [0.15, 0.2) is 48.5 Å². The van der Waals surface area contributed by atoms with Crippen LogP contribution in [0.25, 0.3) is 0 Å². The first-order valence-corrected chi connectivity index (χ1v) is 11.9. The quantitative estimate of drug-likeness (QED) is 0.733. The molecule has 2 aromatic rings. The molecule has 0 spiro atoms. The molecule has 2 aromatic carbocycles. The summed E-state index contributed by atoms with van der Waals surface area (Å²) in [5.74, 6) is 0.796. The average Bonchev–Trinajstić information content (AvgIpc) is 3.10. The first-order valence-electron chi connectivity index (χ1n) is 11.9. The van der Waals surface area contributed by atoms with Gasteiger partial charge in [-0.3, -0.25) is 9.69 Å². The van der Waals surface area contributed by atoms with Gasteiger partial charge in [-0.05, 0) is 44.2 Å². The van der Waals surface area contributed by atoms with Gasteiger partial charge in [-0.1, -0.05) is 23.8 Å². The molecule has 8 heteroatoms. The number of morpholine rings is 1. The summed E-state index contributed by atoms with van der Waals surface area (Å²) in [7, 11) is 1.61. The number of urea groups is 1. The van der Waals surface area contributed by atoms with Gasteiger partial charge in [0.1, 0.15) is 5.75 Å². The highest BCUT2D eigenvalue weighted by Gasteiger charge is 2.27. The lowest BCUT2D eigenvalue weighted by molar-refractivity contribution is -0.0283. The molecule has 0 saturated carbocycles. The molecule has 0 radical (unpaired) electrons. The summed E-state index contributed by atoms with van der Waals surface area (Å²) in [5.41, 5.74) is 2.60. The standard InChI is InChI=1S/C26H34N4O4/c1-20-7-9-21(10-8-20)25(31)29-12-4-11-28(13-14-29)18-24-19-30(15-16-34-24)26(32)27-22-5-3-6-23(17-22)33-2/h3,5-10,17,24H,4,11-16,18-19H2,1-2H3,(H,27,32). The molecule has 2 aliphatic rings. The van der Waals surface area contributed by atoms with Gasteiger partial charge in [-0.25, -0.2) is 4.79 Å². The molecular weight excluding hydrogens is 432 g/mol. The highest BCUT2D eigenvalue weighted by atomic mass is 16.5. The van der Waals surface area contributed by atoms with Crippen LogP contribution >= 0.6 is 0 Å². The molecule has 1 atom stereocenters. The van der Waals surface area contributed by atoms with Crippen LogP contribution in [0.5, 0.6) is 5.75 Å². The van der Waals surface area contributed by atoms with Gasteiger partial charge in [0.15, 0.2) is 0 Å². The number of nitrogens with one attached hydrogen (secondary N) is 1. The average molecular weight is 467 g/mol. The molecule has 1 N–H and O–H groups in total. The fourth-order valence-electron chi connectivity index (χ4n) is 4.44. The number of carbonyl (C=O) groups is 2. The number of benzene rings is 2. The minimum absolute atomic E-state index is 0.0517. The lowest BCUT2D eigenvalue weighted by Crippen LogP contribution is -2.51. The van der Waals surface area contributed by atoms with E-state index in [9.17, 15) is 9.59 Å². The van der Waals surface area contributed by atoms with Crippen molar-refractivity contribution in [1.29, 1.82) is 0 Å². The van der Waals surface area contributed by atoms with Gasteiger partial charge in [-0.2, -0.15) is 0 Å². The summed E-state index contributed by atoms with van der Waals surface area (Å²) in [6, 6.07) is 15.0. The van der Waals surface area contributed by atoms with Crippen LogP contribution in [0.3, 0.4) is 0 Å². The summed E-state index contributed by atoms with van der Waals surface area (Å²) in [4.78, 5) is 31.8. The molecule has 4 rings (SSSR count). The number of hydrogen-bond acceptors (Lipinski definition) is 5. The van der Waals surface area contributed by atoms with E-state index in [4.69, 9.17) is 9.47 Å². The van der Waals surface area contributed by atoms with E-state index in [0.29, 0.717) is 37.7 Å². The second-order valence-electron chi connectivity index (χ2n) is 8.91. The van der Waals surface area contributed by atoms with Crippen molar-refractivity contribution < 1.29 is 19.1 Å². The van der Waals surface area contributed by atoms with Gasteiger partial charge >= 0.3 is 6.03 Å². The Morgan fingerprint density at radius 1 is 1.03 bits per heavy atom. The Kier molecular flexibility index (Phi) is 8.03. The first kappa shape index (κ1) is 24.0. The second-order valence-corrected chi connectivity index (χ2v) is 8.91. The van der Waals surface area contributed by atoms with Crippen LogP contribution in [0.4, 0.5) is 10.5 Å². The highest BCUT2D eigenvalue weighted by Crippen LogP contribution is 2.18. The highest BCUT2D eigenvalue weighted by molar-refractivity contribution is 5.94. The van der Waals surface area contributed by atoms with E-state index in [0.717, 1.165) is 43.7 Å². The van der Waals surface area contributed by atoms with Gasteiger partial charge in [-0.15, -0.1) is 0 Å². The number of carbonyl (C=O) groups excluding carboxylic acids is 2. The molecule has 0 bridgehead atoms. The van der Waals surface area contributed by atoms with Gasteiger partial charge in [0.05, 0.1) is 19.8 Å². The molecule has 1 unspecified atom stereocenters. The van der Waals surface area contributed by atoms with E-state index in [-0.39, 0.29) is 18.0 Å². The maximum atomic E-state index is 12.9. The molecule has 2 heterocycles. The van der Waals surface area contributed by atoms with Crippen LogP contribution in [0.2, 0.25) is 0 Å². The predicted octanol–water partition coefficient (Wildman–Crippen LogP) is 3.08. The Labute approximate surface area is 201 Å². The lowest BCUT2D eigenvalue weighted by Gasteiger charge is -2.35. The van der Waals surface area contributed by atoms with Crippen molar-refractivity contribution in [2.45, 2.75) is 19.4 Å². The van der Waals surface area contributed by atoms with Crippen molar-refractivity contribution in [2.24, 2.45) is 0 Å². The molecular formula is C26H34N4O4. The maximum Gasteiger partial charge on any atom is 0.322 e. The van der Waals surface area contributed by atoms with Crippen LogP contribution in [-0.2, 0) is 4.74 Å². The van der Waals surface area contributed by atoms with Crippen molar-refractivity contribution >= 4 is 17.6 Å². The fraction of sp³-hybridized carbons (Fsp3) is 0.462. The molecule has 8 nitrogen and oxygen atoms in total. The number of hydrogen-bond donors (Lipinski definition) is 1. The lowest BCUT2D eigenvalue weighted by atomic mass is 10.1. The Hall–Kier alpha value is -3.10. The second kappa shape index (κ2) is 11.4. The third-order valence-electron chi connectivity index (χ3n) is 6.38. The van der Waals surface area contributed by atoms with Crippen molar-refractivity contribution in [2.75, 3.05) is 64.8 Å². The number of anilines is 1. The largest absolute Gasteiger partial charge is 0.497 e. The summed E-state index contributed by atoms with van der Waals surface area (Å²) in [6.45, 7) is 7.54. The fourth-order valence-corrected chi connectivity index (χ4v) is 4.44. The summed E-state index contributed by atoms with van der Waals surface area (Å²) >= 11 is 0. The predicted molar refractivity (Wildman–Crippen MR) is 131 cm³/mol. The van der Waals surface area contributed by atoms with Crippen LogP contribution in [-0.4, -0.2) is 92.3 Å². The van der Waals surface area contributed by atoms with Gasteiger partial charge in [0.2, 0.25) is 0 Å². The van der Waals surface area contributed by atoms with Gasteiger partial charge in [0, 0.05) is 56.6 Å². The maximum absolute atomic E-state index is 12.9. The van der Waals surface area contributed by atoms with Gasteiger partial charge in [0.25, 0.3) is 5.91 Å². The minimum Gasteiger partial charge on any atom is -0.497 e. The van der Waals surface area contributed by atoms with Gasteiger partial charge < -0.3 is 24.6 Å². The zero-order valence-electron chi connectivity index (χ0n) is 20.0. The first-order chi connectivity index (χ1) is 16.5. The zero-order valence-corrected chi connectivity index (χ0v) is 20.0. The van der Waals surface area contributed by atoms with Crippen molar-refractivity contribution in [3.8, 4) is 5.75 Å². The Bertz CT molecular complexity index is 981. The Morgan fingerprint density at radius 2 is 1.85 bits per heavy atom. The zero-order chi connectivity index (χ0) is 23.9. The summed E-state index contributed by atoms with van der Waals surface area (Å²) in [5, 5.41) is 2.95. The third kappa shape index (κ3) is 6.27. The molecule has 2 aliphatic heterocycles. The minimum atomic E-state index is -0.132. The molecule has 0 aromatic heterocycles. The number of aryl methyl sites for hydroxylation is 1. The third-order valence-corrected chi connectivity index (χ3v) is 6.38. The number of rotatable bonds is 5. The van der Waals surface area contributed by atoms with Crippen molar-refractivity contribution in [1.82, 2.24) is 14.7 Å². The Morgan fingerprint density at radius 3 is 2.65 bits per heavy atom. The van der Waals surface area contributed by atoms with Crippen molar-refractivity contribution in [3.05, 3.63) is 59.7 Å². The summed E-state index contributed by atoms with van der Waals surface area (Å²) in [6.07, 6.45) is 0.869. The van der Waals surface area contributed by atoms with E-state index < -0.39 is 0 Å². The topological polar surface area (TPSA) is 74.3 Å². The molecule has 182 valence electrons. The van der Waals surface area contributed by atoms with E-state index >= 15 is 0 Å². The van der Waals surface area contributed by atoms with E-state index in [2.05, 4.69) is 10.2 Å². The molecule has 0 aliphatic carbocycles. The van der Waals surface area contributed by atoms with Crippen LogP contribution in [0.1, 0.15) is 22.3 Å². The van der Waals surface area contributed by atoms with E-state index in [1.165, 1.54) is 0 Å². The monoisotopic (exact) mass is 466 g/mol. The molecule has 34 heavy (non-hydrogen) atoms. The molecule has 2 fully saturated rings. The van der Waals surface area contributed by atoms with Crippen molar-refractivity contribution in [3.63, 3.8) is 0 Å². The number of nitrogens with zero attached hydrogens (tertiary/aromatic N) is 3. The number of methoxy groups -OCH3 is 1. The SMILES string of the molecule is COc1cccc(NC(=O)N2CCOC(CN3CCCN(C(=O)c4ccc(C)cc4)CC3)C2)c1. The number of ether oxygens (including phenoxy) is 2. The molecule has 3 amide bonds. The van der Waals surface area contributed by atoms with E-state index in [1.54, 1.807) is 18.1 Å². The Balaban J connectivity index is 1.27. The van der Waals surface area contributed by atoms with Crippen LogP contribution < -0.4 is 10.1 Å². The van der Waals surface area contributed by atoms with E-state index in [1.807, 2.05) is 54.3 Å².